The summed E-state index contributed by atoms with van der Waals surface area (Å²) in [5.74, 6) is 0.658. The van der Waals surface area contributed by atoms with E-state index in [9.17, 15) is 4.79 Å². The van der Waals surface area contributed by atoms with Crippen LogP contribution in [0.5, 0.6) is 0 Å². The molecule has 1 amide bonds. The quantitative estimate of drug-likeness (QED) is 0.687. The molecule has 4 nitrogen and oxygen atoms in total. The fourth-order valence-corrected chi connectivity index (χ4v) is 2.30. The fraction of sp³-hybridized carbons (Fsp3) is 0.917. The van der Waals surface area contributed by atoms with Crippen LogP contribution in [0.1, 0.15) is 32.6 Å². The van der Waals surface area contributed by atoms with Gasteiger partial charge in [-0.15, -0.1) is 0 Å². The molecular formula is C12H22N2O2. The number of rotatable bonds is 6. The van der Waals surface area contributed by atoms with Crippen molar-refractivity contribution in [2.24, 2.45) is 5.92 Å². The van der Waals surface area contributed by atoms with E-state index in [1.165, 1.54) is 12.8 Å². The minimum Gasteiger partial charge on any atom is -0.396 e. The molecule has 4 heteroatoms. The Labute approximate surface area is 97.0 Å². The Morgan fingerprint density at radius 3 is 2.88 bits per heavy atom. The van der Waals surface area contributed by atoms with Crippen LogP contribution in [0.3, 0.4) is 0 Å². The monoisotopic (exact) mass is 226 g/mol. The minimum atomic E-state index is 0.0637. The number of likely N-dealkylation sites (tertiary alicyclic amines) is 1. The molecule has 0 aromatic rings. The molecule has 1 aliphatic heterocycles. The van der Waals surface area contributed by atoms with E-state index in [2.05, 4.69) is 12.2 Å². The number of hydrogen-bond donors (Lipinski definition) is 2. The van der Waals surface area contributed by atoms with E-state index in [1.54, 1.807) is 0 Å². The van der Waals surface area contributed by atoms with E-state index in [4.69, 9.17) is 5.11 Å². The van der Waals surface area contributed by atoms with E-state index in [1.807, 2.05) is 4.90 Å². The maximum atomic E-state index is 12.0. The second-order valence-corrected chi connectivity index (χ2v) is 5.18. The molecule has 2 fully saturated rings. The number of carbonyl (C=O) groups excluding carboxylic acids is 1. The zero-order valence-corrected chi connectivity index (χ0v) is 9.98. The van der Waals surface area contributed by atoms with Crippen LogP contribution in [0.15, 0.2) is 0 Å². The van der Waals surface area contributed by atoms with Gasteiger partial charge >= 0.3 is 0 Å². The van der Waals surface area contributed by atoms with Gasteiger partial charge in [0.05, 0.1) is 6.04 Å². The van der Waals surface area contributed by atoms with Crippen molar-refractivity contribution in [3.05, 3.63) is 0 Å². The number of aliphatic hydroxyl groups is 1. The lowest BCUT2D eigenvalue weighted by Gasteiger charge is -2.21. The molecule has 2 rings (SSSR count). The first-order valence-electron chi connectivity index (χ1n) is 6.36. The van der Waals surface area contributed by atoms with Crippen LogP contribution in [0, 0.1) is 5.92 Å². The topological polar surface area (TPSA) is 52.6 Å². The van der Waals surface area contributed by atoms with Crippen molar-refractivity contribution >= 4 is 5.91 Å². The third-order valence-electron chi connectivity index (χ3n) is 3.47. The van der Waals surface area contributed by atoms with Crippen molar-refractivity contribution in [1.82, 2.24) is 10.2 Å². The van der Waals surface area contributed by atoms with Gasteiger partial charge in [0, 0.05) is 25.7 Å². The number of carbonyl (C=O) groups is 1. The van der Waals surface area contributed by atoms with Crippen LogP contribution in [0.4, 0.5) is 0 Å². The molecule has 2 unspecified atom stereocenters. The van der Waals surface area contributed by atoms with Gasteiger partial charge in [0.1, 0.15) is 0 Å². The van der Waals surface area contributed by atoms with Gasteiger partial charge in [-0.25, -0.2) is 0 Å². The van der Waals surface area contributed by atoms with Gasteiger partial charge in [-0.3, -0.25) is 4.79 Å². The molecule has 1 saturated heterocycles. The number of nitrogens with zero attached hydrogens (tertiary/aromatic N) is 1. The Kier molecular flexibility index (Phi) is 3.82. The molecular weight excluding hydrogens is 204 g/mol. The van der Waals surface area contributed by atoms with Gasteiger partial charge in [-0.05, 0) is 31.6 Å². The van der Waals surface area contributed by atoms with Crippen molar-refractivity contribution in [2.45, 2.75) is 44.7 Å². The molecule has 2 aliphatic rings. The summed E-state index contributed by atoms with van der Waals surface area (Å²) in [7, 11) is 0. The summed E-state index contributed by atoms with van der Waals surface area (Å²) in [4.78, 5) is 14.0. The van der Waals surface area contributed by atoms with Crippen molar-refractivity contribution in [3.8, 4) is 0 Å². The van der Waals surface area contributed by atoms with Crippen LogP contribution >= 0.6 is 0 Å². The summed E-state index contributed by atoms with van der Waals surface area (Å²) >= 11 is 0. The zero-order chi connectivity index (χ0) is 11.5. The first-order chi connectivity index (χ1) is 7.70. The smallest absolute Gasteiger partial charge is 0.239 e. The molecule has 2 atom stereocenters. The number of aliphatic hydroxyl groups excluding tert-OH is 1. The van der Waals surface area contributed by atoms with Crippen LogP contribution in [-0.2, 0) is 4.79 Å². The number of nitrogens with one attached hydrogen (secondary N) is 1. The Bertz CT molecular complexity index is 253. The molecule has 16 heavy (non-hydrogen) atoms. The maximum Gasteiger partial charge on any atom is 0.239 e. The maximum absolute atomic E-state index is 12.0. The second-order valence-electron chi connectivity index (χ2n) is 5.18. The van der Waals surface area contributed by atoms with Crippen molar-refractivity contribution in [1.29, 1.82) is 0 Å². The van der Waals surface area contributed by atoms with Gasteiger partial charge in [-0.2, -0.15) is 0 Å². The first-order valence-corrected chi connectivity index (χ1v) is 6.36. The average molecular weight is 226 g/mol. The minimum absolute atomic E-state index is 0.0637. The van der Waals surface area contributed by atoms with E-state index in [-0.39, 0.29) is 18.6 Å². The third-order valence-corrected chi connectivity index (χ3v) is 3.47. The summed E-state index contributed by atoms with van der Waals surface area (Å²) in [5, 5.41) is 12.2. The molecule has 0 aromatic carbocycles. The summed E-state index contributed by atoms with van der Waals surface area (Å²) in [6.45, 7) is 3.97. The molecule has 1 heterocycles. The standard InChI is InChI=1S/C12H22N2O2/c1-9(5-7-15)8-14-6-4-11(12(14)16)13-10-2-3-10/h9-11,13,15H,2-8H2,1H3. The van der Waals surface area contributed by atoms with E-state index < -0.39 is 0 Å². The first kappa shape index (κ1) is 11.9. The highest BCUT2D eigenvalue weighted by molar-refractivity contribution is 5.84. The van der Waals surface area contributed by atoms with Crippen LogP contribution < -0.4 is 5.32 Å². The molecule has 1 aliphatic carbocycles. The van der Waals surface area contributed by atoms with Crippen molar-refractivity contribution in [3.63, 3.8) is 0 Å². The Balaban J connectivity index is 1.76. The third kappa shape index (κ3) is 2.95. The lowest BCUT2D eigenvalue weighted by Crippen LogP contribution is -2.40. The summed E-state index contributed by atoms with van der Waals surface area (Å²) < 4.78 is 0. The number of hydrogen-bond acceptors (Lipinski definition) is 3. The summed E-state index contributed by atoms with van der Waals surface area (Å²) in [5.41, 5.74) is 0. The molecule has 0 radical (unpaired) electrons. The predicted octanol–water partition coefficient (Wildman–Crippen LogP) is 0.358. The molecule has 92 valence electrons. The van der Waals surface area contributed by atoms with Crippen LogP contribution in [0.25, 0.3) is 0 Å². The molecule has 0 spiro atoms. The summed E-state index contributed by atoms with van der Waals surface area (Å²) in [6, 6.07) is 0.664. The molecule has 2 N–H and O–H groups in total. The highest BCUT2D eigenvalue weighted by Crippen LogP contribution is 2.23. The van der Waals surface area contributed by atoms with E-state index in [0.717, 1.165) is 25.9 Å². The Morgan fingerprint density at radius 1 is 1.50 bits per heavy atom. The molecule has 0 bridgehead atoms. The van der Waals surface area contributed by atoms with E-state index in [0.29, 0.717) is 12.0 Å². The SMILES string of the molecule is CC(CCO)CN1CCC(NC2CC2)C1=O. The van der Waals surface area contributed by atoms with Gasteiger partial charge in [0.2, 0.25) is 5.91 Å². The van der Waals surface area contributed by atoms with Crippen LogP contribution in [-0.4, -0.2) is 47.7 Å². The molecule has 1 saturated carbocycles. The average Bonchev–Trinajstić information content (AvgIpc) is 2.99. The zero-order valence-electron chi connectivity index (χ0n) is 9.98. The lowest BCUT2D eigenvalue weighted by atomic mass is 10.1. The van der Waals surface area contributed by atoms with Crippen molar-refractivity contribution in [2.75, 3.05) is 19.7 Å². The fourth-order valence-electron chi connectivity index (χ4n) is 2.30. The van der Waals surface area contributed by atoms with Gasteiger partial charge in [-0.1, -0.05) is 6.92 Å². The number of amides is 1. The van der Waals surface area contributed by atoms with Gasteiger partial charge < -0.3 is 15.3 Å². The molecule has 0 aromatic heterocycles. The van der Waals surface area contributed by atoms with Crippen molar-refractivity contribution < 1.29 is 9.90 Å². The predicted molar refractivity (Wildman–Crippen MR) is 62.0 cm³/mol. The van der Waals surface area contributed by atoms with Gasteiger partial charge in [0.15, 0.2) is 0 Å². The highest BCUT2D eigenvalue weighted by Gasteiger charge is 2.35. The van der Waals surface area contributed by atoms with Gasteiger partial charge in [0.25, 0.3) is 0 Å². The highest BCUT2D eigenvalue weighted by atomic mass is 16.3. The Hall–Kier alpha value is -0.610. The van der Waals surface area contributed by atoms with Crippen LogP contribution in [0.2, 0.25) is 0 Å². The lowest BCUT2D eigenvalue weighted by molar-refractivity contribution is -0.130. The Morgan fingerprint density at radius 2 is 2.25 bits per heavy atom. The second kappa shape index (κ2) is 5.15. The normalized spacial score (nSPS) is 27.5. The van der Waals surface area contributed by atoms with E-state index >= 15 is 0 Å². The largest absolute Gasteiger partial charge is 0.396 e. The summed E-state index contributed by atoms with van der Waals surface area (Å²) in [6.07, 6.45) is 4.18.